The molecule has 2 saturated heterocycles. The molecule has 0 aromatic heterocycles. The number of anilines is 2. The van der Waals surface area contributed by atoms with Crippen molar-refractivity contribution in [3.8, 4) is 11.5 Å². The molecule has 2 aliphatic heterocycles. The molecule has 47 heavy (non-hydrogen) atoms. The third kappa shape index (κ3) is 4.26. The van der Waals surface area contributed by atoms with Crippen molar-refractivity contribution < 1.29 is 33.4 Å². The quantitative estimate of drug-likeness (QED) is 0.183. The molecule has 3 fully saturated rings. The number of hydrogen-bond donors (Lipinski definition) is 1. The Morgan fingerprint density at radius 2 is 1.57 bits per heavy atom. The van der Waals surface area contributed by atoms with Crippen LogP contribution in [0.3, 0.4) is 0 Å². The fourth-order valence-corrected chi connectivity index (χ4v) is 8.86. The lowest BCUT2D eigenvalue weighted by molar-refractivity contribution is -0.125. The summed E-state index contributed by atoms with van der Waals surface area (Å²) in [4.78, 5) is 54.6. The van der Waals surface area contributed by atoms with Crippen molar-refractivity contribution in [3.05, 3.63) is 101 Å². The molecule has 0 radical (unpaired) electrons. The Morgan fingerprint density at radius 1 is 0.936 bits per heavy atom. The van der Waals surface area contributed by atoms with Crippen LogP contribution < -0.4 is 14.5 Å². The van der Waals surface area contributed by atoms with Gasteiger partial charge in [0.25, 0.3) is 11.8 Å². The maximum absolute atomic E-state index is 14.5. The minimum absolute atomic E-state index is 0.0159. The molecule has 2 heterocycles. The summed E-state index contributed by atoms with van der Waals surface area (Å²) in [5, 5.41) is 10.4. The van der Waals surface area contributed by atoms with Crippen LogP contribution in [0.4, 0.5) is 15.8 Å². The molecule has 1 N–H and O–H groups in total. The molecule has 0 unspecified atom stereocenters. The van der Waals surface area contributed by atoms with Gasteiger partial charge in [0.2, 0.25) is 11.8 Å². The van der Waals surface area contributed by atoms with Crippen molar-refractivity contribution in [1.82, 2.24) is 0 Å². The van der Waals surface area contributed by atoms with E-state index in [9.17, 15) is 28.7 Å². The molecular weight excluding hydrogens is 670 g/mol. The number of allylic oxidation sites excluding steroid dienone is 2. The molecule has 240 valence electrons. The Labute approximate surface area is 283 Å². The highest BCUT2D eigenvalue weighted by Crippen LogP contribution is 2.66. The number of imide groups is 2. The summed E-state index contributed by atoms with van der Waals surface area (Å²) in [6.45, 7) is 3.74. The van der Waals surface area contributed by atoms with Gasteiger partial charge in [-0.2, -0.15) is 0 Å². The summed E-state index contributed by atoms with van der Waals surface area (Å²) in [7, 11) is 1.32. The number of amides is 4. The molecule has 3 aromatic rings. The first kappa shape index (κ1) is 31.4. The van der Waals surface area contributed by atoms with Gasteiger partial charge < -0.3 is 9.84 Å². The largest absolute Gasteiger partial charge is 0.503 e. The van der Waals surface area contributed by atoms with Gasteiger partial charge in [0.05, 0.1) is 35.3 Å². The minimum atomic E-state index is -2.16. The normalized spacial score (nSPS) is 29.8. The van der Waals surface area contributed by atoms with Crippen LogP contribution >= 0.6 is 34.8 Å². The Morgan fingerprint density at radius 3 is 2.21 bits per heavy atom. The first-order valence-electron chi connectivity index (χ1n) is 14.8. The number of carbonyl (C=O) groups excluding carboxylic acids is 4. The average Bonchev–Trinajstić information content (AvgIpc) is 3.40. The zero-order chi connectivity index (χ0) is 33.6. The van der Waals surface area contributed by atoms with E-state index >= 15 is 0 Å². The van der Waals surface area contributed by atoms with Gasteiger partial charge in [0, 0.05) is 5.92 Å². The highest BCUT2D eigenvalue weighted by molar-refractivity contribution is 6.58. The van der Waals surface area contributed by atoms with Crippen molar-refractivity contribution in [2.24, 2.45) is 17.8 Å². The van der Waals surface area contributed by atoms with Crippen LogP contribution in [0.5, 0.6) is 11.5 Å². The second-order valence-corrected chi connectivity index (χ2v) is 13.8. The molecule has 6 atom stereocenters. The maximum Gasteiger partial charge on any atom is 0.258 e. The fourth-order valence-electron chi connectivity index (χ4n) is 7.70. The predicted molar refractivity (Wildman–Crippen MR) is 175 cm³/mol. The zero-order valence-corrected chi connectivity index (χ0v) is 27.0. The van der Waals surface area contributed by atoms with Gasteiger partial charge >= 0.3 is 0 Å². The van der Waals surface area contributed by atoms with Gasteiger partial charge in [-0.3, -0.25) is 24.1 Å². The van der Waals surface area contributed by atoms with E-state index in [1.54, 1.807) is 36.4 Å². The standard InChI is InChI=1S/C35H26Cl3FN2O6/c1-3-17-4-8-20(9-5-17)40-30(43)23-13-12-22-24(27(23)31(40)44)16-34(37)32(45)41(21-10-6-19(39)7-11-21)33(46)35(34,38)28(22)18-14-25(36)29(42)26(15-18)47-2/h3-12,14-15,23-24,27-28,42H,1,13,16H2,2H3/t23-,24+,27-,28-,34+,35-/m0/s1. The number of aromatic hydroxyl groups is 1. The number of hydrogen-bond acceptors (Lipinski definition) is 6. The molecule has 4 aliphatic rings. The van der Waals surface area contributed by atoms with Gasteiger partial charge in [-0.1, -0.05) is 48.0 Å². The minimum Gasteiger partial charge on any atom is -0.503 e. The Hall–Kier alpha value is -4.18. The van der Waals surface area contributed by atoms with E-state index in [1.807, 2.05) is 0 Å². The molecule has 1 saturated carbocycles. The van der Waals surface area contributed by atoms with E-state index in [4.69, 9.17) is 39.5 Å². The second kappa shape index (κ2) is 10.9. The first-order valence-corrected chi connectivity index (χ1v) is 15.9. The van der Waals surface area contributed by atoms with Crippen molar-refractivity contribution >= 4 is 75.9 Å². The number of ether oxygens (including phenoxy) is 1. The van der Waals surface area contributed by atoms with Crippen LogP contribution in [0.15, 0.2) is 78.9 Å². The summed E-state index contributed by atoms with van der Waals surface area (Å²) in [5.41, 5.74) is 2.10. The van der Waals surface area contributed by atoms with Gasteiger partial charge in [0.1, 0.15) is 5.82 Å². The van der Waals surface area contributed by atoms with E-state index < -0.39 is 57.0 Å². The molecular formula is C35H26Cl3FN2O6. The van der Waals surface area contributed by atoms with Gasteiger partial charge in [-0.25, -0.2) is 9.29 Å². The van der Waals surface area contributed by atoms with Gasteiger partial charge in [-0.05, 0) is 78.4 Å². The van der Waals surface area contributed by atoms with Crippen molar-refractivity contribution in [3.63, 3.8) is 0 Å². The smallest absolute Gasteiger partial charge is 0.258 e. The molecule has 4 amide bonds. The van der Waals surface area contributed by atoms with Crippen LogP contribution in [0.1, 0.15) is 29.9 Å². The van der Waals surface area contributed by atoms with Gasteiger partial charge in [0.15, 0.2) is 21.2 Å². The average molecular weight is 696 g/mol. The van der Waals surface area contributed by atoms with E-state index in [0.717, 1.165) is 27.5 Å². The fraction of sp³-hybridized carbons (Fsp3) is 0.257. The van der Waals surface area contributed by atoms with Gasteiger partial charge in [-0.15, -0.1) is 23.2 Å². The SMILES string of the molecule is C=Cc1ccc(N2C(=O)[C@H]3[C@H](CC=C4[C@H]3C[C@@]3(Cl)C(=O)N(c5ccc(F)cc5)C(=O)[C@@]3(Cl)[C@H]4c3cc(Cl)c(O)c(OC)c3)C2=O)cc1. The molecule has 0 bridgehead atoms. The van der Waals surface area contributed by atoms with Crippen molar-refractivity contribution in [2.45, 2.75) is 28.5 Å². The lowest BCUT2D eigenvalue weighted by atomic mass is 9.56. The number of fused-ring (bicyclic) bond motifs is 4. The van der Waals surface area contributed by atoms with E-state index in [0.29, 0.717) is 16.8 Å². The number of nitrogens with zero attached hydrogens (tertiary/aromatic N) is 2. The van der Waals surface area contributed by atoms with Crippen molar-refractivity contribution in [2.75, 3.05) is 16.9 Å². The highest BCUT2D eigenvalue weighted by Gasteiger charge is 2.76. The van der Waals surface area contributed by atoms with Crippen molar-refractivity contribution in [1.29, 1.82) is 0 Å². The summed E-state index contributed by atoms with van der Waals surface area (Å²) in [5.74, 6) is -7.10. The van der Waals surface area contributed by atoms with E-state index in [-0.39, 0.29) is 41.0 Å². The van der Waals surface area contributed by atoms with Crippen LogP contribution in [0.25, 0.3) is 6.08 Å². The number of halogens is 4. The lowest BCUT2D eigenvalue weighted by Crippen LogP contribution is -2.60. The van der Waals surface area contributed by atoms with Crippen LogP contribution in [-0.4, -0.2) is 45.6 Å². The molecule has 12 heteroatoms. The molecule has 3 aromatic carbocycles. The molecule has 2 aliphatic carbocycles. The Bertz CT molecular complexity index is 1930. The van der Waals surface area contributed by atoms with E-state index in [2.05, 4.69) is 6.58 Å². The number of phenols is 1. The predicted octanol–water partition coefficient (Wildman–Crippen LogP) is 6.60. The number of methoxy groups -OCH3 is 1. The zero-order valence-electron chi connectivity index (χ0n) is 24.8. The number of alkyl halides is 2. The maximum atomic E-state index is 14.5. The topological polar surface area (TPSA) is 104 Å². The Kier molecular flexibility index (Phi) is 7.31. The summed E-state index contributed by atoms with van der Waals surface area (Å²) in [6, 6.07) is 14.4. The third-order valence-electron chi connectivity index (χ3n) is 9.89. The summed E-state index contributed by atoms with van der Waals surface area (Å²) in [6.07, 6.45) is 3.36. The van der Waals surface area contributed by atoms with Crippen LogP contribution in [0, 0.1) is 23.6 Å². The lowest BCUT2D eigenvalue weighted by Gasteiger charge is -2.50. The number of rotatable bonds is 5. The molecule has 8 nitrogen and oxygen atoms in total. The van der Waals surface area contributed by atoms with Crippen LogP contribution in [0.2, 0.25) is 5.02 Å². The van der Waals surface area contributed by atoms with Crippen LogP contribution in [-0.2, 0) is 19.2 Å². The van der Waals surface area contributed by atoms with E-state index in [1.165, 1.54) is 31.4 Å². The Balaban J connectivity index is 1.41. The highest BCUT2D eigenvalue weighted by atomic mass is 35.5. The molecule has 0 spiro atoms. The monoisotopic (exact) mass is 694 g/mol. The third-order valence-corrected chi connectivity index (χ3v) is 11.6. The number of phenolic OH excluding ortho intramolecular Hbond substituents is 1. The summed E-state index contributed by atoms with van der Waals surface area (Å²) < 4.78 is 19.2. The number of benzene rings is 3. The first-order chi connectivity index (χ1) is 22.4. The number of carbonyl (C=O) groups is 4. The molecule has 7 rings (SSSR count). The second-order valence-electron chi connectivity index (χ2n) is 12.1. The summed E-state index contributed by atoms with van der Waals surface area (Å²) >= 11 is 21.2.